The first-order valence-electron chi connectivity index (χ1n) is 9.37. The van der Waals surface area contributed by atoms with Crippen molar-refractivity contribution in [3.8, 4) is 5.75 Å². The maximum absolute atomic E-state index is 12.6. The van der Waals surface area contributed by atoms with Crippen molar-refractivity contribution in [2.75, 3.05) is 13.1 Å². The Labute approximate surface area is 150 Å². The van der Waals surface area contributed by atoms with Crippen LogP contribution in [0.5, 0.6) is 5.75 Å². The molecule has 1 amide bonds. The molecule has 1 unspecified atom stereocenters. The van der Waals surface area contributed by atoms with Crippen molar-refractivity contribution in [1.82, 2.24) is 4.90 Å². The summed E-state index contributed by atoms with van der Waals surface area (Å²) in [7, 11) is 0. The summed E-state index contributed by atoms with van der Waals surface area (Å²) in [4.78, 5) is 26.7. The fourth-order valence-electron chi connectivity index (χ4n) is 3.38. The molecule has 3 rings (SSSR count). The molecule has 0 radical (unpaired) electrons. The first-order chi connectivity index (χ1) is 11.8. The molecule has 1 aromatic rings. The van der Waals surface area contributed by atoms with Gasteiger partial charge in [-0.1, -0.05) is 32.9 Å². The number of hydrogen-bond donors (Lipinski definition) is 0. The van der Waals surface area contributed by atoms with E-state index in [-0.39, 0.29) is 29.1 Å². The molecule has 0 spiro atoms. The largest absolute Gasteiger partial charge is 0.426 e. The zero-order chi connectivity index (χ0) is 18.2. The van der Waals surface area contributed by atoms with Gasteiger partial charge >= 0.3 is 5.97 Å². The fraction of sp³-hybridized carbons (Fsp3) is 0.619. The van der Waals surface area contributed by atoms with Crippen molar-refractivity contribution in [1.29, 1.82) is 0 Å². The second-order valence-electron chi connectivity index (χ2n) is 8.55. The number of carbonyl (C=O) groups is 2. The van der Waals surface area contributed by atoms with Gasteiger partial charge in [0.05, 0.1) is 5.92 Å². The highest BCUT2D eigenvalue weighted by atomic mass is 16.5. The SMILES string of the molecule is Cc1cc(C(C)(C)C)ccc1OC(=O)C1CCCN(C(=O)C2CC2)C1. The number of amides is 1. The van der Waals surface area contributed by atoms with Crippen LogP contribution in [0, 0.1) is 18.8 Å². The van der Waals surface area contributed by atoms with E-state index in [2.05, 4.69) is 26.8 Å². The van der Waals surface area contributed by atoms with Crippen LogP contribution in [-0.4, -0.2) is 29.9 Å². The Morgan fingerprint density at radius 3 is 2.44 bits per heavy atom. The van der Waals surface area contributed by atoms with Crippen LogP contribution in [-0.2, 0) is 15.0 Å². The second kappa shape index (κ2) is 6.81. The summed E-state index contributed by atoms with van der Waals surface area (Å²) in [5.41, 5.74) is 2.27. The van der Waals surface area contributed by atoms with Gasteiger partial charge in [-0.05, 0) is 55.2 Å². The molecule has 2 fully saturated rings. The standard InChI is InChI=1S/C21H29NO3/c1-14-12-17(21(2,3)4)9-10-18(14)25-20(24)16-6-5-11-22(13-16)19(23)15-7-8-15/h9-10,12,15-16H,5-8,11,13H2,1-4H3. The monoisotopic (exact) mass is 343 g/mol. The Bertz CT molecular complexity index is 670. The average Bonchev–Trinajstić information content (AvgIpc) is 3.40. The van der Waals surface area contributed by atoms with Gasteiger partial charge in [-0.3, -0.25) is 9.59 Å². The third kappa shape index (κ3) is 4.23. The quantitative estimate of drug-likeness (QED) is 0.619. The molecule has 1 aliphatic carbocycles. The molecule has 136 valence electrons. The summed E-state index contributed by atoms with van der Waals surface area (Å²) in [5, 5.41) is 0. The van der Waals surface area contributed by atoms with Crippen molar-refractivity contribution in [2.24, 2.45) is 11.8 Å². The minimum absolute atomic E-state index is 0.0698. The molecule has 1 atom stereocenters. The van der Waals surface area contributed by atoms with Crippen molar-refractivity contribution in [3.63, 3.8) is 0 Å². The van der Waals surface area contributed by atoms with Crippen molar-refractivity contribution >= 4 is 11.9 Å². The van der Waals surface area contributed by atoms with E-state index >= 15 is 0 Å². The average molecular weight is 343 g/mol. The third-order valence-corrected chi connectivity index (χ3v) is 5.24. The summed E-state index contributed by atoms with van der Waals surface area (Å²) in [5.74, 6) is 0.645. The van der Waals surface area contributed by atoms with Gasteiger partial charge in [0.1, 0.15) is 5.75 Å². The number of likely N-dealkylation sites (tertiary alicyclic amines) is 1. The van der Waals surface area contributed by atoms with Gasteiger partial charge in [-0.25, -0.2) is 0 Å². The molecule has 1 aromatic carbocycles. The molecular formula is C21H29NO3. The lowest BCUT2D eigenvalue weighted by molar-refractivity contribution is -0.143. The molecular weight excluding hydrogens is 314 g/mol. The molecule has 2 aliphatic rings. The van der Waals surface area contributed by atoms with Crippen LogP contribution in [0.4, 0.5) is 0 Å². The van der Waals surface area contributed by atoms with E-state index in [9.17, 15) is 9.59 Å². The number of piperidine rings is 1. The number of rotatable bonds is 3. The molecule has 1 heterocycles. The molecule has 1 aliphatic heterocycles. The lowest BCUT2D eigenvalue weighted by atomic mass is 9.86. The Balaban J connectivity index is 1.64. The number of benzene rings is 1. The Kier molecular flexibility index (Phi) is 4.90. The smallest absolute Gasteiger partial charge is 0.316 e. The van der Waals surface area contributed by atoms with Crippen molar-refractivity contribution in [2.45, 2.75) is 58.8 Å². The normalized spacial score (nSPS) is 21.1. The van der Waals surface area contributed by atoms with Crippen LogP contribution < -0.4 is 4.74 Å². The molecule has 0 bridgehead atoms. The third-order valence-electron chi connectivity index (χ3n) is 5.24. The van der Waals surface area contributed by atoms with E-state index in [1.807, 2.05) is 24.0 Å². The predicted octanol–water partition coefficient (Wildman–Crippen LogP) is 3.85. The first-order valence-corrected chi connectivity index (χ1v) is 9.37. The number of ether oxygens (including phenoxy) is 1. The maximum Gasteiger partial charge on any atom is 0.316 e. The van der Waals surface area contributed by atoms with Gasteiger partial charge < -0.3 is 9.64 Å². The number of aryl methyl sites for hydroxylation is 1. The predicted molar refractivity (Wildman–Crippen MR) is 97.5 cm³/mol. The minimum Gasteiger partial charge on any atom is -0.426 e. The number of carbonyl (C=O) groups excluding carboxylic acids is 2. The fourth-order valence-corrected chi connectivity index (χ4v) is 3.38. The second-order valence-corrected chi connectivity index (χ2v) is 8.55. The Morgan fingerprint density at radius 1 is 1.12 bits per heavy atom. The Hall–Kier alpha value is -1.84. The van der Waals surface area contributed by atoms with E-state index in [0.29, 0.717) is 12.3 Å². The number of hydrogen-bond acceptors (Lipinski definition) is 3. The molecule has 0 aromatic heterocycles. The van der Waals surface area contributed by atoms with Gasteiger partial charge in [0, 0.05) is 19.0 Å². The zero-order valence-electron chi connectivity index (χ0n) is 15.8. The van der Waals surface area contributed by atoms with Gasteiger partial charge in [0.15, 0.2) is 0 Å². The summed E-state index contributed by atoms with van der Waals surface area (Å²) in [6, 6.07) is 6.01. The molecule has 1 saturated carbocycles. The highest BCUT2D eigenvalue weighted by molar-refractivity contribution is 5.82. The lowest BCUT2D eigenvalue weighted by Crippen LogP contribution is -2.44. The molecule has 25 heavy (non-hydrogen) atoms. The van der Waals surface area contributed by atoms with Crippen molar-refractivity contribution < 1.29 is 14.3 Å². The number of nitrogens with zero attached hydrogens (tertiary/aromatic N) is 1. The van der Waals surface area contributed by atoms with E-state index in [4.69, 9.17) is 4.74 Å². The lowest BCUT2D eigenvalue weighted by Gasteiger charge is -2.31. The Morgan fingerprint density at radius 2 is 1.84 bits per heavy atom. The van der Waals surface area contributed by atoms with Gasteiger partial charge in [0.25, 0.3) is 0 Å². The topological polar surface area (TPSA) is 46.6 Å². The van der Waals surface area contributed by atoms with E-state index in [1.165, 1.54) is 5.56 Å². The number of esters is 1. The van der Waals surface area contributed by atoms with Crippen LogP contribution in [0.3, 0.4) is 0 Å². The van der Waals surface area contributed by atoms with Crippen LogP contribution in [0.15, 0.2) is 18.2 Å². The molecule has 0 N–H and O–H groups in total. The highest BCUT2D eigenvalue weighted by Gasteiger charge is 2.37. The highest BCUT2D eigenvalue weighted by Crippen LogP contribution is 2.33. The minimum atomic E-state index is -0.210. The van der Waals surface area contributed by atoms with E-state index in [0.717, 1.165) is 37.8 Å². The summed E-state index contributed by atoms with van der Waals surface area (Å²) >= 11 is 0. The van der Waals surface area contributed by atoms with Crippen molar-refractivity contribution in [3.05, 3.63) is 29.3 Å². The first kappa shape index (κ1) is 18.0. The van der Waals surface area contributed by atoms with E-state index in [1.54, 1.807) is 0 Å². The summed E-state index contributed by atoms with van der Waals surface area (Å²) in [6.07, 6.45) is 3.68. The molecule has 4 heteroatoms. The van der Waals surface area contributed by atoms with Crippen LogP contribution in [0.1, 0.15) is 57.6 Å². The van der Waals surface area contributed by atoms with E-state index < -0.39 is 0 Å². The van der Waals surface area contributed by atoms with Gasteiger partial charge in [-0.15, -0.1) is 0 Å². The molecule has 4 nitrogen and oxygen atoms in total. The molecule has 1 saturated heterocycles. The summed E-state index contributed by atoms with van der Waals surface area (Å²) < 4.78 is 5.68. The van der Waals surface area contributed by atoms with Crippen LogP contribution in [0.25, 0.3) is 0 Å². The van der Waals surface area contributed by atoms with Crippen LogP contribution >= 0.6 is 0 Å². The van der Waals surface area contributed by atoms with Gasteiger partial charge in [0.2, 0.25) is 5.91 Å². The van der Waals surface area contributed by atoms with Crippen LogP contribution in [0.2, 0.25) is 0 Å². The maximum atomic E-state index is 12.6. The zero-order valence-corrected chi connectivity index (χ0v) is 15.8. The van der Waals surface area contributed by atoms with Gasteiger partial charge in [-0.2, -0.15) is 0 Å². The summed E-state index contributed by atoms with van der Waals surface area (Å²) in [6.45, 7) is 9.76.